The number of amides is 2. The molecule has 0 radical (unpaired) electrons. The quantitative estimate of drug-likeness (QED) is 0.456. The summed E-state index contributed by atoms with van der Waals surface area (Å²) in [5, 5.41) is 8.84. The van der Waals surface area contributed by atoms with Crippen LogP contribution in [0.3, 0.4) is 0 Å². The highest BCUT2D eigenvalue weighted by Crippen LogP contribution is 2.16. The zero-order valence-corrected chi connectivity index (χ0v) is 18.6. The molecule has 0 unspecified atom stereocenters. The van der Waals surface area contributed by atoms with E-state index in [1.165, 1.54) is 0 Å². The minimum Gasteiger partial charge on any atom is -0.491 e. The molecule has 0 heterocycles. The van der Waals surface area contributed by atoms with Crippen molar-refractivity contribution >= 4 is 23.2 Å². The number of nitrogens with one attached hydrogen (secondary N) is 3. The normalized spacial score (nSPS) is 10.6. The first kappa shape index (κ1) is 23.0. The average Bonchev–Trinajstić information content (AvgIpc) is 2.76. The maximum absolute atomic E-state index is 12.3. The summed E-state index contributed by atoms with van der Waals surface area (Å²) in [5.74, 6) is 0.528. The van der Waals surface area contributed by atoms with Crippen LogP contribution in [-0.4, -0.2) is 24.5 Å². The monoisotopic (exact) mass is 431 g/mol. The van der Waals surface area contributed by atoms with Gasteiger partial charge in [0.25, 0.3) is 5.91 Å². The van der Waals surface area contributed by atoms with Crippen LogP contribution in [0.1, 0.15) is 35.3 Å². The topological polar surface area (TPSA) is 79.5 Å². The number of carbonyl (C=O) groups is 2. The van der Waals surface area contributed by atoms with Crippen molar-refractivity contribution in [1.82, 2.24) is 5.32 Å². The van der Waals surface area contributed by atoms with Crippen LogP contribution < -0.4 is 20.7 Å². The van der Waals surface area contributed by atoms with Crippen LogP contribution in [0.25, 0.3) is 0 Å². The number of carbonyl (C=O) groups excluding carboxylic acids is 2. The third-order valence-electron chi connectivity index (χ3n) is 4.62. The van der Waals surface area contributed by atoms with E-state index >= 15 is 0 Å². The molecule has 3 rings (SSSR count). The maximum Gasteiger partial charge on any atom is 0.255 e. The first-order chi connectivity index (χ1) is 15.4. The Bertz CT molecular complexity index is 1040. The number of ether oxygens (including phenoxy) is 1. The first-order valence-electron chi connectivity index (χ1n) is 10.6. The molecule has 0 aliphatic rings. The molecular weight excluding hydrogens is 402 g/mol. The van der Waals surface area contributed by atoms with E-state index in [1.54, 1.807) is 30.3 Å². The van der Waals surface area contributed by atoms with Gasteiger partial charge in [0.1, 0.15) is 5.75 Å². The van der Waals surface area contributed by atoms with Gasteiger partial charge in [0.05, 0.1) is 12.6 Å². The summed E-state index contributed by atoms with van der Waals surface area (Å²) in [6.07, 6.45) is 0.140. The number of aryl methyl sites for hydroxylation is 1. The summed E-state index contributed by atoms with van der Waals surface area (Å²) in [4.78, 5) is 24.5. The summed E-state index contributed by atoms with van der Waals surface area (Å²) in [6.45, 7) is 6.70. The van der Waals surface area contributed by atoms with Gasteiger partial charge in [-0.3, -0.25) is 9.59 Å². The molecule has 3 N–H and O–H groups in total. The predicted molar refractivity (Wildman–Crippen MR) is 128 cm³/mol. The zero-order chi connectivity index (χ0) is 22.9. The fraction of sp³-hybridized carbons (Fsp3) is 0.231. The van der Waals surface area contributed by atoms with Crippen LogP contribution in [-0.2, 0) is 11.3 Å². The lowest BCUT2D eigenvalue weighted by molar-refractivity contribution is -0.115. The van der Waals surface area contributed by atoms with Crippen LogP contribution in [0, 0.1) is 6.92 Å². The highest BCUT2D eigenvalue weighted by Gasteiger charge is 2.07. The van der Waals surface area contributed by atoms with Crippen molar-refractivity contribution < 1.29 is 14.3 Å². The fourth-order valence-corrected chi connectivity index (χ4v) is 3.11. The van der Waals surface area contributed by atoms with E-state index in [0.29, 0.717) is 23.5 Å². The van der Waals surface area contributed by atoms with Crippen molar-refractivity contribution in [3.05, 3.63) is 89.5 Å². The second-order valence-corrected chi connectivity index (χ2v) is 7.86. The summed E-state index contributed by atoms with van der Waals surface area (Å²) in [7, 11) is 0. The summed E-state index contributed by atoms with van der Waals surface area (Å²) < 4.78 is 5.63. The summed E-state index contributed by atoms with van der Waals surface area (Å²) >= 11 is 0. The molecule has 32 heavy (non-hydrogen) atoms. The number of rotatable bonds is 9. The number of hydrogen-bond acceptors (Lipinski definition) is 4. The van der Waals surface area contributed by atoms with E-state index in [4.69, 9.17) is 4.74 Å². The van der Waals surface area contributed by atoms with E-state index in [9.17, 15) is 9.59 Å². The molecule has 0 saturated heterocycles. The molecule has 0 aliphatic carbocycles. The van der Waals surface area contributed by atoms with Gasteiger partial charge in [-0.25, -0.2) is 0 Å². The standard InChI is InChI=1S/C26H29N3O3/c1-18(2)32-24-13-7-20(8-14-24)16-27-17-25(30)28-22-9-11-23(12-10-22)29-26(31)21-6-4-5-19(3)15-21/h4-15,18,27H,16-17H2,1-3H3,(H,28,30)(H,29,31). The molecule has 0 aromatic heterocycles. The van der Waals surface area contributed by atoms with E-state index in [-0.39, 0.29) is 24.5 Å². The van der Waals surface area contributed by atoms with Crippen molar-refractivity contribution in [1.29, 1.82) is 0 Å². The van der Waals surface area contributed by atoms with Crippen LogP contribution in [0.2, 0.25) is 0 Å². The Morgan fingerprint density at radius 1 is 0.875 bits per heavy atom. The number of hydrogen-bond donors (Lipinski definition) is 3. The van der Waals surface area contributed by atoms with Crippen LogP contribution >= 0.6 is 0 Å². The molecule has 0 bridgehead atoms. The van der Waals surface area contributed by atoms with Gasteiger partial charge in [-0.1, -0.05) is 29.8 Å². The molecule has 0 saturated carbocycles. The molecule has 6 nitrogen and oxygen atoms in total. The first-order valence-corrected chi connectivity index (χ1v) is 10.6. The number of benzene rings is 3. The van der Waals surface area contributed by atoms with Gasteiger partial charge in [0.2, 0.25) is 5.91 Å². The lowest BCUT2D eigenvalue weighted by Gasteiger charge is -2.11. The molecule has 3 aromatic rings. The van der Waals surface area contributed by atoms with Gasteiger partial charge in [-0.2, -0.15) is 0 Å². The van der Waals surface area contributed by atoms with Crippen molar-refractivity contribution in [3.8, 4) is 5.75 Å². The molecule has 3 aromatic carbocycles. The molecule has 2 amide bonds. The molecule has 166 valence electrons. The highest BCUT2D eigenvalue weighted by molar-refractivity contribution is 6.04. The summed E-state index contributed by atoms with van der Waals surface area (Å²) in [5.41, 5.74) is 4.04. The van der Waals surface area contributed by atoms with E-state index in [0.717, 1.165) is 16.9 Å². The van der Waals surface area contributed by atoms with Gasteiger partial charge in [0.15, 0.2) is 0 Å². The number of anilines is 2. The van der Waals surface area contributed by atoms with Gasteiger partial charge in [-0.15, -0.1) is 0 Å². The van der Waals surface area contributed by atoms with Crippen molar-refractivity contribution in [2.24, 2.45) is 0 Å². The smallest absolute Gasteiger partial charge is 0.255 e. The Kier molecular flexibility index (Phi) is 8.00. The third kappa shape index (κ3) is 7.25. The SMILES string of the molecule is Cc1cccc(C(=O)Nc2ccc(NC(=O)CNCc3ccc(OC(C)C)cc3)cc2)c1. The fourth-order valence-electron chi connectivity index (χ4n) is 3.11. The van der Waals surface area contributed by atoms with Crippen LogP contribution in [0.15, 0.2) is 72.8 Å². The van der Waals surface area contributed by atoms with Crippen molar-refractivity contribution in [2.75, 3.05) is 17.2 Å². The Morgan fingerprint density at radius 2 is 1.53 bits per heavy atom. The second-order valence-electron chi connectivity index (χ2n) is 7.86. The minimum atomic E-state index is -0.168. The summed E-state index contributed by atoms with van der Waals surface area (Å²) in [6, 6.07) is 22.3. The molecular formula is C26H29N3O3. The lowest BCUT2D eigenvalue weighted by Crippen LogP contribution is -2.27. The Balaban J connectivity index is 1.43. The van der Waals surface area contributed by atoms with Gasteiger partial charge in [-0.05, 0) is 74.9 Å². The lowest BCUT2D eigenvalue weighted by atomic mass is 10.1. The van der Waals surface area contributed by atoms with Gasteiger partial charge in [0, 0.05) is 23.5 Å². The van der Waals surface area contributed by atoms with Crippen molar-refractivity contribution in [3.63, 3.8) is 0 Å². The predicted octanol–water partition coefficient (Wildman–Crippen LogP) is 4.76. The molecule has 6 heteroatoms. The van der Waals surface area contributed by atoms with Gasteiger partial charge >= 0.3 is 0 Å². The molecule has 0 aliphatic heterocycles. The maximum atomic E-state index is 12.3. The van der Waals surface area contributed by atoms with Crippen LogP contribution in [0.5, 0.6) is 5.75 Å². The Labute approximate surface area is 189 Å². The minimum absolute atomic E-state index is 0.138. The average molecular weight is 432 g/mol. The van der Waals surface area contributed by atoms with Gasteiger partial charge < -0.3 is 20.7 Å². The third-order valence-corrected chi connectivity index (χ3v) is 4.62. The van der Waals surface area contributed by atoms with E-state index in [1.807, 2.05) is 63.2 Å². The Morgan fingerprint density at radius 3 is 2.16 bits per heavy atom. The molecule has 0 spiro atoms. The van der Waals surface area contributed by atoms with E-state index < -0.39 is 0 Å². The molecule has 0 fully saturated rings. The van der Waals surface area contributed by atoms with Crippen molar-refractivity contribution in [2.45, 2.75) is 33.4 Å². The van der Waals surface area contributed by atoms with Crippen LogP contribution in [0.4, 0.5) is 11.4 Å². The Hall–Kier alpha value is -3.64. The second kappa shape index (κ2) is 11.1. The molecule has 0 atom stereocenters. The van der Waals surface area contributed by atoms with E-state index in [2.05, 4.69) is 16.0 Å². The highest BCUT2D eigenvalue weighted by atomic mass is 16.5. The largest absolute Gasteiger partial charge is 0.491 e. The zero-order valence-electron chi connectivity index (χ0n) is 18.6.